The number of pyridine rings is 1. The minimum atomic E-state index is 0.456. The molecule has 1 aliphatic rings. The maximum absolute atomic E-state index is 6.01. The van der Waals surface area contributed by atoms with Crippen molar-refractivity contribution in [3.8, 4) is 0 Å². The number of halogens is 1. The Kier molecular flexibility index (Phi) is 4.61. The van der Waals surface area contributed by atoms with Crippen molar-refractivity contribution in [1.29, 1.82) is 0 Å². The van der Waals surface area contributed by atoms with Crippen LogP contribution in [-0.2, 0) is 10.6 Å². The molecule has 2 aromatic rings. The molecule has 0 atom stereocenters. The van der Waals surface area contributed by atoms with E-state index in [2.05, 4.69) is 35.2 Å². The SMILES string of the molecule is COCC1CCN(c2nc(CCl)cc3ccccc23)CC1. The van der Waals surface area contributed by atoms with Gasteiger partial charge in [-0.15, -0.1) is 11.6 Å². The van der Waals surface area contributed by atoms with Crippen LogP contribution in [0, 0.1) is 5.92 Å². The number of alkyl halides is 1. The first-order chi connectivity index (χ1) is 10.3. The van der Waals surface area contributed by atoms with Crippen molar-refractivity contribution in [2.45, 2.75) is 18.7 Å². The molecule has 3 nitrogen and oxygen atoms in total. The van der Waals surface area contributed by atoms with Gasteiger partial charge in [0.05, 0.1) is 11.6 Å². The second-order valence-electron chi connectivity index (χ2n) is 5.68. The topological polar surface area (TPSA) is 25.4 Å². The fraction of sp³-hybridized carbons (Fsp3) is 0.471. The van der Waals surface area contributed by atoms with Gasteiger partial charge in [-0.05, 0) is 30.2 Å². The lowest BCUT2D eigenvalue weighted by atomic mass is 9.97. The molecule has 1 aromatic heterocycles. The number of benzene rings is 1. The van der Waals surface area contributed by atoms with Crippen LogP contribution < -0.4 is 4.90 Å². The fourth-order valence-corrected chi connectivity index (χ4v) is 3.23. The third-order valence-electron chi connectivity index (χ3n) is 4.23. The van der Waals surface area contributed by atoms with Crippen molar-refractivity contribution < 1.29 is 4.74 Å². The largest absolute Gasteiger partial charge is 0.384 e. The maximum atomic E-state index is 6.01. The highest BCUT2D eigenvalue weighted by atomic mass is 35.5. The summed E-state index contributed by atoms with van der Waals surface area (Å²) in [6.45, 7) is 2.94. The number of rotatable bonds is 4. The summed E-state index contributed by atoms with van der Waals surface area (Å²) in [6, 6.07) is 10.5. The lowest BCUT2D eigenvalue weighted by molar-refractivity contribution is 0.139. The molecule has 4 heteroatoms. The summed E-state index contributed by atoms with van der Waals surface area (Å²) in [4.78, 5) is 7.17. The number of hydrogen-bond acceptors (Lipinski definition) is 3. The van der Waals surface area contributed by atoms with E-state index in [1.54, 1.807) is 7.11 Å². The Hall–Kier alpha value is -1.32. The predicted molar refractivity (Wildman–Crippen MR) is 88.1 cm³/mol. The molecule has 0 radical (unpaired) electrons. The Balaban J connectivity index is 1.89. The third kappa shape index (κ3) is 3.14. The summed E-state index contributed by atoms with van der Waals surface area (Å²) in [5, 5.41) is 2.44. The predicted octanol–water partition coefficient (Wildman–Crippen LogP) is 3.84. The van der Waals surface area contributed by atoms with Crippen LogP contribution >= 0.6 is 11.6 Å². The number of methoxy groups -OCH3 is 1. The van der Waals surface area contributed by atoms with Gasteiger partial charge in [0, 0.05) is 32.2 Å². The van der Waals surface area contributed by atoms with Gasteiger partial charge in [-0.2, -0.15) is 0 Å². The molecule has 0 bridgehead atoms. The summed E-state index contributed by atoms with van der Waals surface area (Å²) in [7, 11) is 1.78. The fourth-order valence-electron chi connectivity index (χ4n) is 3.09. The summed E-state index contributed by atoms with van der Waals surface area (Å²) in [5.41, 5.74) is 0.949. The molecule has 3 rings (SSSR count). The molecule has 2 heterocycles. The van der Waals surface area contributed by atoms with Gasteiger partial charge in [-0.25, -0.2) is 4.98 Å². The van der Waals surface area contributed by atoms with Crippen LogP contribution in [0.3, 0.4) is 0 Å². The minimum absolute atomic E-state index is 0.456. The van der Waals surface area contributed by atoms with Crippen molar-refractivity contribution in [2.75, 3.05) is 31.7 Å². The Morgan fingerprint density at radius 1 is 1.29 bits per heavy atom. The standard InChI is InChI=1S/C17H21ClN2O/c1-21-12-13-6-8-20(9-7-13)17-16-5-3-2-4-14(16)10-15(11-18)19-17/h2-5,10,13H,6-9,11-12H2,1H3. The van der Waals surface area contributed by atoms with E-state index in [1.807, 2.05) is 0 Å². The highest BCUT2D eigenvalue weighted by molar-refractivity contribution is 6.17. The van der Waals surface area contributed by atoms with Gasteiger partial charge < -0.3 is 9.64 Å². The average Bonchev–Trinajstić information content (AvgIpc) is 2.55. The number of nitrogens with zero attached hydrogens (tertiary/aromatic N) is 2. The lowest BCUT2D eigenvalue weighted by Crippen LogP contribution is -2.35. The van der Waals surface area contributed by atoms with Crippen LogP contribution in [0.1, 0.15) is 18.5 Å². The van der Waals surface area contributed by atoms with Crippen LogP contribution in [0.5, 0.6) is 0 Å². The number of fused-ring (bicyclic) bond motifs is 1. The Morgan fingerprint density at radius 2 is 2.05 bits per heavy atom. The van der Waals surface area contributed by atoms with Crippen LogP contribution in [0.15, 0.2) is 30.3 Å². The van der Waals surface area contributed by atoms with Crippen molar-refractivity contribution in [2.24, 2.45) is 5.92 Å². The molecule has 1 aliphatic heterocycles. The highest BCUT2D eigenvalue weighted by Gasteiger charge is 2.21. The number of aromatic nitrogens is 1. The molecule has 0 saturated carbocycles. The first kappa shape index (κ1) is 14.6. The third-order valence-corrected chi connectivity index (χ3v) is 4.50. The second-order valence-corrected chi connectivity index (χ2v) is 5.94. The number of ether oxygens (including phenoxy) is 1. The molecule has 0 aliphatic carbocycles. The van der Waals surface area contributed by atoms with Gasteiger partial charge in [0.1, 0.15) is 5.82 Å². The molecule has 1 fully saturated rings. The summed E-state index contributed by atoms with van der Waals surface area (Å²) in [6.07, 6.45) is 2.32. The van der Waals surface area contributed by atoms with Crippen LogP contribution in [0.2, 0.25) is 0 Å². The van der Waals surface area contributed by atoms with Gasteiger partial charge in [-0.3, -0.25) is 0 Å². The van der Waals surface area contributed by atoms with Gasteiger partial charge >= 0.3 is 0 Å². The van der Waals surface area contributed by atoms with Crippen LogP contribution in [0.25, 0.3) is 10.8 Å². The van der Waals surface area contributed by atoms with Crippen LogP contribution in [-0.4, -0.2) is 31.8 Å². The first-order valence-corrected chi connectivity index (χ1v) is 8.03. The van der Waals surface area contributed by atoms with E-state index in [9.17, 15) is 0 Å². The number of anilines is 1. The van der Waals surface area contributed by atoms with Crippen LogP contribution in [0.4, 0.5) is 5.82 Å². The molecule has 112 valence electrons. The molecular weight excluding hydrogens is 284 g/mol. The molecule has 0 amide bonds. The zero-order valence-corrected chi connectivity index (χ0v) is 13.1. The van der Waals surface area contributed by atoms with Crippen molar-refractivity contribution in [3.63, 3.8) is 0 Å². The molecule has 0 spiro atoms. The summed E-state index contributed by atoms with van der Waals surface area (Å²) in [5.74, 6) is 2.21. The van der Waals surface area contributed by atoms with E-state index in [4.69, 9.17) is 21.3 Å². The summed E-state index contributed by atoms with van der Waals surface area (Å²) < 4.78 is 5.28. The first-order valence-electron chi connectivity index (χ1n) is 7.50. The molecular formula is C17H21ClN2O. The molecule has 1 saturated heterocycles. The van der Waals surface area contributed by atoms with Gasteiger partial charge in [0.25, 0.3) is 0 Å². The maximum Gasteiger partial charge on any atom is 0.136 e. The number of hydrogen-bond donors (Lipinski definition) is 0. The average molecular weight is 305 g/mol. The van der Waals surface area contributed by atoms with Crippen molar-refractivity contribution >= 4 is 28.2 Å². The van der Waals surface area contributed by atoms with Crippen molar-refractivity contribution in [1.82, 2.24) is 4.98 Å². The van der Waals surface area contributed by atoms with Gasteiger partial charge in [0.2, 0.25) is 0 Å². The quantitative estimate of drug-likeness (QED) is 0.803. The van der Waals surface area contributed by atoms with Gasteiger partial charge in [0.15, 0.2) is 0 Å². The summed E-state index contributed by atoms with van der Waals surface area (Å²) >= 11 is 6.01. The molecule has 21 heavy (non-hydrogen) atoms. The molecule has 0 unspecified atom stereocenters. The minimum Gasteiger partial charge on any atom is -0.384 e. The van der Waals surface area contributed by atoms with Gasteiger partial charge in [-0.1, -0.05) is 24.3 Å². The van der Waals surface area contributed by atoms with E-state index in [0.717, 1.165) is 44.0 Å². The van der Waals surface area contributed by atoms with E-state index in [-0.39, 0.29) is 0 Å². The van der Waals surface area contributed by atoms with E-state index in [0.29, 0.717) is 11.8 Å². The monoisotopic (exact) mass is 304 g/mol. The van der Waals surface area contributed by atoms with E-state index in [1.165, 1.54) is 10.8 Å². The normalized spacial score (nSPS) is 16.6. The highest BCUT2D eigenvalue weighted by Crippen LogP contribution is 2.29. The zero-order chi connectivity index (χ0) is 14.7. The molecule has 0 N–H and O–H groups in total. The van der Waals surface area contributed by atoms with E-state index < -0.39 is 0 Å². The Morgan fingerprint density at radius 3 is 2.76 bits per heavy atom. The zero-order valence-electron chi connectivity index (χ0n) is 12.4. The van der Waals surface area contributed by atoms with Crippen molar-refractivity contribution in [3.05, 3.63) is 36.0 Å². The smallest absolute Gasteiger partial charge is 0.136 e. The number of piperidine rings is 1. The lowest BCUT2D eigenvalue weighted by Gasteiger charge is -2.33. The second kappa shape index (κ2) is 6.63. The molecule has 1 aromatic carbocycles. The van der Waals surface area contributed by atoms with E-state index >= 15 is 0 Å². The Labute approximate surface area is 130 Å². The Bertz CT molecular complexity index is 609.